The number of aromatic nitrogens is 1. The maximum absolute atomic E-state index is 12.4. The lowest BCUT2D eigenvalue weighted by atomic mass is 10.0. The van der Waals surface area contributed by atoms with Gasteiger partial charge in [-0.15, -0.1) is 0 Å². The highest BCUT2D eigenvalue weighted by Gasteiger charge is 2.14. The Hall–Kier alpha value is -2.59. The van der Waals surface area contributed by atoms with Gasteiger partial charge in [0.25, 0.3) is 0 Å². The Morgan fingerprint density at radius 1 is 1.16 bits per heavy atom. The monoisotopic (exact) mass is 336 g/mol. The molecule has 0 spiro atoms. The van der Waals surface area contributed by atoms with Gasteiger partial charge in [-0.1, -0.05) is 48.5 Å². The molecule has 0 radical (unpaired) electrons. The van der Waals surface area contributed by atoms with Crippen molar-refractivity contribution in [3.63, 3.8) is 0 Å². The second kappa shape index (κ2) is 7.99. The molecule has 25 heavy (non-hydrogen) atoms. The molecule has 130 valence electrons. The van der Waals surface area contributed by atoms with Crippen molar-refractivity contribution in [2.45, 2.75) is 32.2 Å². The number of carbonyl (C=O) groups is 1. The number of carbonyl (C=O) groups excluding carboxylic acids is 1. The number of aryl methyl sites for hydroxylation is 2. The summed E-state index contributed by atoms with van der Waals surface area (Å²) in [6.07, 6.45) is 3.63. The van der Waals surface area contributed by atoms with Crippen LogP contribution in [0.15, 0.2) is 54.7 Å². The molecule has 1 heterocycles. The second-order valence-electron chi connectivity index (χ2n) is 6.35. The normalized spacial score (nSPS) is 12.2. The maximum Gasteiger partial charge on any atom is 0.220 e. The van der Waals surface area contributed by atoms with Gasteiger partial charge < -0.3 is 15.4 Å². The summed E-state index contributed by atoms with van der Waals surface area (Å²) in [5, 5.41) is 13.5. The number of amides is 1. The molecule has 0 saturated carbocycles. The first-order valence-corrected chi connectivity index (χ1v) is 8.70. The predicted molar refractivity (Wildman–Crippen MR) is 100 cm³/mol. The number of H-pyrrole nitrogens is 1. The Morgan fingerprint density at radius 2 is 1.96 bits per heavy atom. The average molecular weight is 336 g/mol. The Kier molecular flexibility index (Phi) is 5.51. The molecule has 0 aliphatic heterocycles. The van der Waals surface area contributed by atoms with Crippen molar-refractivity contribution in [2.75, 3.05) is 6.61 Å². The lowest BCUT2D eigenvalue weighted by molar-refractivity contribution is -0.121. The molecule has 0 aliphatic carbocycles. The molecule has 1 atom stereocenters. The van der Waals surface area contributed by atoms with Crippen LogP contribution < -0.4 is 5.32 Å². The zero-order valence-corrected chi connectivity index (χ0v) is 14.5. The van der Waals surface area contributed by atoms with Crippen LogP contribution in [0.3, 0.4) is 0 Å². The van der Waals surface area contributed by atoms with Gasteiger partial charge in [0.2, 0.25) is 5.91 Å². The molecule has 1 amide bonds. The van der Waals surface area contributed by atoms with E-state index in [9.17, 15) is 9.90 Å². The van der Waals surface area contributed by atoms with Crippen LogP contribution in [0, 0.1) is 6.92 Å². The van der Waals surface area contributed by atoms with Crippen molar-refractivity contribution in [1.29, 1.82) is 0 Å². The fraction of sp³-hybridized carbons (Fsp3) is 0.286. The van der Waals surface area contributed by atoms with Gasteiger partial charge in [-0.2, -0.15) is 0 Å². The number of hydrogen-bond donors (Lipinski definition) is 3. The summed E-state index contributed by atoms with van der Waals surface area (Å²) >= 11 is 0. The van der Waals surface area contributed by atoms with Crippen LogP contribution in [-0.4, -0.2) is 22.6 Å². The fourth-order valence-electron chi connectivity index (χ4n) is 3.22. The molecule has 2 aromatic carbocycles. The molecule has 0 fully saturated rings. The Labute approximate surface area is 147 Å². The van der Waals surface area contributed by atoms with Crippen molar-refractivity contribution in [2.24, 2.45) is 0 Å². The second-order valence-corrected chi connectivity index (χ2v) is 6.35. The molecule has 3 N–H and O–H groups in total. The van der Waals surface area contributed by atoms with Gasteiger partial charge in [-0.25, -0.2) is 0 Å². The zero-order valence-electron chi connectivity index (χ0n) is 14.5. The summed E-state index contributed by atoms with van der Waals surface area (Å²) in [6.45, 7) is 2.12. The maximum atomic E-state index is 12.4. The van der Waals surface area contributed by atoms with Crippen molar-refractivity contribution in [3.05, 3.63) is 71.4 Å². The quantitative estimate of drug-likeness (QED) is 0.616. The van der Waals surface area contributed by atoms with Crippen LogP contribution in [0.4, 0.5) is 0 Å². The van der Waals surface area contributed by atoms with E-state index in [1.807, 2.05) is 42.6 Å². The van der Waals surface area contributed by atoms with Crippen molar-refractivity contribution >= 4 is 16.8 Å². The van der Waals surface area contributed by atoms with Crippen molar-refractivity contribution in [1.82, 2.24) is 10.3 Å². The molecule has 0 bridgehead atoms. The number of nitrogens with one attached hydrogen (secondary N) is 2. The Morgan fingerprint density at radius 3 is 2.72 bits per heavy atom. The fourth-order valence-corrected chi connectivity index (χ4v) is 3.22. The number of hydrogen-bond acceptors (Lipinski definition) is 2. The van der Waals surface area contributed by atoms with Crippen LogP contribution >= 0.6 is 0 Å². The minimum Gasteiger partial charge on any atom is -0.396 e. The number of benzene rings is 2. The van der Waals surface area contributed by atoms with Gasteiger partial charge in [0.1, 0.15) is 0 Å². The summed E-state index contributed by atoms with van der Waals surface area (Å²) < 4.78 is 0. The smallest absolute Gasteiger partial charge is 0.220 e. The zero-order chi connectivity index (χ0) is 17.6. The van der Waals surface area contributed by atoms with Gasteiger partial charge in [0.05, 0.1) is 6.04 Å². The molecule has 0 saturated heterocycles. The first kappa shape index (κ1) is 17.2. The average Bonchev–Trinajstić information content (AvgIpc) is 3.05. The topological polar surface area (TPSA) is 65.1 Å². The number of aliphatic hydroxyl groups is 1. The third kappa shape index (κ3) is 4.09. The minimum atomic E-state index is -0.149. The van der Waals surface area contributed by atoms with E-state index in [0.29, 0.717) is 19.3 Å². The van der Waals surface area contributed by atoms with E-state index in [2.05, 4.69) is 29.4 Å². The Balaban J connectivity index is 1.64. The summed E-state index contributed by atoms with van der Waals surface area (Å²) in [4.78, 5) is 15.7. The highest BCUT2D eigenvalue weighted by molar-refractivity contribution is 5.86. The molecule has 3 aromatic rings. The van der Waals surface area contributed by atoms with E-state index in [-0.39, 0.29) is 18.6 Å². The molecular formula is C21H24N2O2. The number of rotatable bonds is 7. The third-order valence-electron chi connectivity index (χ3n) is 4.59. The highest BCUT2D eigenvalue weighted by Crippen LogP contribution is 2.22. The molecule has 0 aliphatic rings. The SMILES string of the molecule is Cc1cccc2c(CCC(=O)NC(CCO)c3ccccc3)c[nH]c12. The molecule has 4 nitrogen and oxygen atoms in total. The van der Waals surface area contributed by atoms with E-state index in [4.69, 9.17) is 0 Å². The van der Waals surface area contributed by atoms with Crippen LogP contribution in [0.2, 0.25) is 0 Å². The van der Waals surface area contributed by atoms with Gasteiger partial charge in [0, 0.05) is 30.1 Å². The summed E-state index contributed by atoms with van der Waals surface area (Å²) in [6, 6.07) is 15.8. The largest absolute Gasteiger partial charge is 0.396 e. The van der Waals surface area contributed by atoms with E-state index < -0.39 is 0 Å². The van der Waals surface area contributed by atoms with Crippen LogP contribution in [0.5, 0.6) is 0 Å². The summed E-state index contributed by atoms with van der Waals surface area (Å²) in [5.41, 5.74) is 4.53. The van der Waals surface area contributed by atoms with Gasteiger partial charge >= 0.3 is 0 Å². The predicted octanol–water partition coefficient (Wildman–Crippen LogP) is 3.65. The Bertz CT molecular complexity index is 839. The number of fused-ring (bicyclic) bond motifs is 1. The van der Waals surface area contributed by atoms with Crippen molar-refractivity contribution < 1.29 is 9.90 Å². The number of aliphatic hydroxyl groups excluding tert-OH is 1. The summed E-state index contributed by atoms with van der Waals surface area (Å²) in [7, 11) is 0. The van der Waals surface area contributed by atoms with E-state index >= 15 is 0 Å². The third-order valence-corrected chi connectivity index (χ3v) is 4.59. The summed E-state index contributed by atoms with van der Waals surface area (Å²) in [5.74, 6) is 0.00399. The van der Waals surface area contributed by atoms with Crippen molar-refractivity contribution in [3.8, 4) is 0 Å². The van der Waals surface area contributed by atoms with Gasteiger partial charge in [-0.3, -0.25) is 4.79 Å². The van der Waals surface area contributed by atoms with E-state index in [1.54, 1.807) is 0 Å². The van der Waals surface area contributed by atoms with Crippen LogP contribution in [0.25, 0.3) is 10.9 Å². The van der Waals surface area contributed by atoms with E-state index in [0.717, 1.165) is 16.6 Å². The van der Waals surface area contributed by atoms with Gasteiger partial charge in [0.15, 0.2) is 0 Å². The lowest BCUT2D eigenvalue weighted by Gasteiger charge is -2.18. The van der Waals surface area contributed by atoms with Crippen LogP contribution in [-0.2, 0) is 11.2 Å². The minimum absolute atomic E-state index is 0.00399. The number of para-hydroxylation sites is 1. The molecule has 3 rings (SSSR count). The molecule has 1 aromatic heterocycles. The lowest BCUT2D eigenvalue weighted by Crippen LogP contribution is -2.29. The standard InChI is InChI=1S/C21H24N2O2/c1-15-6-5-9-18-17(14-22-21(15)18)10-11-20(25)23-19(12-13-24)16-7-3-2-4-8-16/h2-9,14,19,22,24H,10-13H2,1H3,(H,23,25). The molecular weight excluding hydrogens is 312 g/mol. The number of aromatic amines is 1. The van der Waals surface area contributed by atoms with E-state index in [1.165, 1.54) is 10.9 Å². The van der Waals surface area contributed by atoms with Gasteiger partial charge in [-0.05, 0) is 36.5 Å². The first-order chi connectivity index (χ1) is 12.2. The molecule has 4 heteroatoms. The highest BCUT2D eigenvalue weighted by atomic mass is 16.3. The molecule has 1 unspecified atom stereocenters. The van der Waals surface area contributed by atoms with Crippen LogP contribution in [0.1, 0.15) is 35.6 Å². The first-order valence-electron chi connectivity index (χ1n) is 8.70.